The van der Waals surface area contributed by atoms with Gasteiger partial charge in [-0.25, -0.2) is 4.98 Å². The molecule has 0 bridgehead atoms. The van der Waals surface area contributed by atoms with Crippen molar-refractivity contribution < 1.29 is 4.79 Å². The van der Waals surface area contributed by atoms with Gasteiger partial charge in [-0.3, -0.25) is 4.79 Å². The van der Waals surface area contributed by atoms with Crippen LogP contribution in [0.3, 0.4) is 0 Å². The van der Waals surface area contributed by atoms with Gasteiger partial charge in [-0.05, 0) is 37.4 Å². The first-order chi connectivity index (χ1) is 9.52. The topological polar surface area (TPSA) is 58.1 Å². The monoisotopic (exact) mass is 310 g/mol. The van der Waals surface area contributed by atoms with Crippen molar-refractivity contribution in [2.75, 3.05) is 18.5 Å². The van der Waals surface area contributed by atoms with Gasteiger partial charge in [0.25, 0.3) is 0 Å². The smallest absolute Gasteiger partial charge is 0.239 e. The Bertz CT molecular complexity index is 668. The fourth-order valence-electron chi connectivity index (χ4n) is 2.08. The summed E-state index contributed by atoms with van der Waals surface area (Å²) in [7, 11) is 1.84. The third-order valence-electron chi connectivity index (χ3n) is 3.15. The number of carbonyl (C=O) groups is 1. The van der Waals surface area contributed by atoms with Crippen molar-refractivity contribution in [2.45, 2.75) is 25.8 Å². The second-order valence-corrected chi connectivity index (χ2v) is 6.66. The highest BCUT2D eigenvalue weighted by Gasteiger charge is 2.24. The fourth-order valence-corrected chi connectivity index (χ4v) is 3.17. The van der Waals surface area contributed by atoms with E-state index in [0.29, 0.717) is 11.9 Å². The number of rotatable bonds is 4. The summed E-state index contributed by atoms with van der Waals surface area (Å²) < 4.78 is 0. The molecular formula is C13H15ClN4OS. The van der Waals surface area contributed by atoms with Crippen LogP contribution in [0.4, 0.5) is 5.82 Å². The van der Waals surface area contributed by atoms with Gasteiger partial charge in [0.1, 0.15) is 10.6 Å². The lowest BCUT2D eigenvalue weighted by Crippen LogP contribution is -2.36. The van der Waals surface area contributed by atoms with Crippen LogP contribution in [0.1, 0.15) is 17.7 Å². The Balaban J connectivity index is 1.85. The zero-order chi connectivity index (χ0) is 14.3. The van der Waals surface area contributed by atoms with Gasteiger partial charge >= 0.3 is 0 Å². The quantitative estimate of drug-likeness (QED) is 0.881. The third-order valence-corrected chi connectivity index (χ3v) is 4.27. The molecule has 0 aliphatic heterocycles. The van der Waals surface area contributed by atoms with E-state index in [9.17, 15) is 4.79 Å². The predicted molar refractivity (Wildman–Crippen MR) is 81.6 cm³/mol. The molecule has 1 aliphatic carbocycles. The molecule has 1 saturated carbocycles. The molecule has 1 N–H and O–H groups in total. The number of anilines is 1. The van der Waals surface area contributed by atoms with E-state index in [-0.39, 0.29) is 17.7 Å². The molecule has 1 fully saturated rings. The molecular weight excluding hydrogens is 296 g/mol. The summed E-state index contributed by atoms with van der Waals surface area (Å²) in [5, 5.41) is 4.12. The molecule has 7 heteroatoms. The van der Waals surface area contributed by atoms with Gasteiger partial charge in [-0.2, -0.15) is 4.98 Å². The highest BCUT2D eigenvalue weighted by atomic mass is 35.5. The van der Waals surface area contributed by atoms with Crippen molar-refractivity contribution in [3.8, 4) is 0 Å². The lowest BCUT2D eigenvalue weighted by molar-refractivity contribution is -0.119. The number of halogens is 1. The lowest BCUT2D eigenvalue weighted by Gasteiger charge is -2.18. The Kier molecular flexibility index (Phi) is 3.52. The number of thiophene rings is 1. The van der Waals surface area contributed by atoms with Crippen LogP contribution in [-0.4, -0.2) is 35.5 Å². The summed E-state index contributed by atoms with van der Waals surface area (Å²) in [6.07, 6.45) is 2.17. The Morgan fingerprint density at radius 3 is 3.00 bits per heavy atom. The molecule has 0 aromatic carbocycles. The second kappa shape index (κ2) is 5.18. The maximum atomic E-state index is 11.9. The van der Waals surface area contributed by atoms with Crippen LogP contribution in [0.5, 0.6) is 0 Å². The number of likely N-dealkylation sites (N-methyl/N-ethyl adjacent to an activating group) is 1. The minimum atomic E-state index is 0.0184. The predicted octanol–water partition coefficient (Wildman–Crippen LogP) is 2.37. The van der Waals surface area contributed by atoms with E-state index in [0.717, 1.165) is 27.9 Å². The standard InChI is InChI=1S/C13H15ClN4OS/c1-7-5-9-11(16-13(14)17-12(9)20-7)18(2)6-10(19)15-8-3-4-8/h5,8H,3-4,6H2,1-2H3,(H,15,19). The van der Waals surface area contributed by atoms with Crippen LogP contribution >= 0.6 is 22.9 Å². The third kappa shape index (κ3) is 2.86. The molecule has 1 amide bonds. The first-order valence-corrected chi connectivity index (χ1v) is 7.66. The molecule has 0 unspecified atom stereocenters. The zero-order valence-electron chi connectivity index (χ0n) is 11.3. The average molecular weight is 311 g/mol. The van der Waals surface area contributed by atoms with Gasteiger partial charge in [0, 0.05) is 18.0 Å². The molecule has 2 aromatic rings. The maximum absolute atomic E-state index is 11.9. The SMILES string of the molecule is Cc1cc2c(N(C)CC(=O)NC3CC3)nc(Cl)nc2s1. The highest BCUT2D eigenvalue weighted by molar-refractivity contribution is 7.18. The van der Waals surface area contributed by atoms with Gasteiger partial charge in [-0.15, -0.1) is 11.3 Å². The minimum Gasteiger partial charge on any atom is -0.352 e. The van der Waals surface area contributed by atoms with Crippen LogP contribution in [0.2, 0.25) is 5.28 Å². The number of aromatic nitrogens is 2. The van der Waals surface area contributed by atoms with Crippen molar-refractivity contribution in [1.82, 2.24) is 15.3 Å². The van der Waals surface area contributed by atoms with Crippen molar-refractivity contribution >= 4 is 44.9 Å². The van der Waals surface area contributed by atoms with Crippen LogP contribution < -0.4 is 10.2 Å². The molecule has 106 valence electrons. The van der Waals surface area contributed by atoms with E-state index in [1.807, 2.05) is 24.9 Å². The maximum Gasteiger partial charge on any atom is 0.239 e. The number of carbonyl (C=O) groups excluding carboxylic acids is 1. The number of amides is 1. The van der Waals surface area contributed by atoms with Crippen LogP contribution in [0.15, 0.2) is 6.07 Å². The van der Waals surface area contributed by atoms with Crippen molar-refractivity contribution in [3.63, 3.8) is 0 Å². The fraction of sp³-hybridized carbons (Fsp3) is 0.462. The van der Waals surface area contributed by atoms with Crippen molar-refractivity contribution in [2.24, 2.45) is 0 Å². The lowest BCUT2D eigenvalue weighted by atomic mass is 10.3. The number of fused-ring (bicyclic) bond motifs is 1. The molecule has 20 heavy (non-hydrogen) atoms. The summed E-state index contributed by atoms with van der Waals surface area (Å²) in [5.74, 6) is 0.722. The molecule has 0 radical (unpaired) electrons. The molecule has 2 aromatic heterocycles. The van der Waals surface area contributed by atoms with Crippen molar-refractivity contribution in [1.29, 1.82) is 0 Å². The number of aryl methyl sites for hydroxylation is 1. The second-order valence-electron chi connectivity index (χ2n) is 5.09. The van der Waals surface area contributed by atoms with E-state index in [2.05, 4.69) is 15.3 Å². The number of hydrogen-bond acceptors (Lipinski definition) is 5. The number of nitrogens with one attached hydrogen (secondary N) is 1. The molecule has 0 spiro atoms. The Hall–Kier alpha value is -1.40. The minimum absolute atomic E-state index is 0.0184. The van der Waals surface area contributed by atoms with E-state index >= 15 is 0 Å². The summed E-state index contributed by atoms with van der Waals surface area (Å²) >= 11 is 7.54. The summed E-state index contributed by atoms with van der Waals surface area (Å²) in [4.78, 5) is 24.2. The van der Waals surface area contributed by atoms with Gasteiger partial charge < -0.3 is 10.2 Å². The first kappa shape index (κ1) is 13.6. The summed E-state index contributed by atoms with van der Waals surface area (Å²) in [6, 6.07) is 2.40. The molecule has 5 nitrogen and oxygen atoms in total. The van der Waals surface area contributed by atoms with Gasteiger partial charge in [0.15, 0.2) is 0 Å². The van der Waals surface area contributed by atoms with Crippen LogP contribution in [0.25, 0.3) is 10.2 Å². The molecule has 1 aliphatic rings. The van der Waals surface area contributed by atoms with Gasteiger partial charge in [0.2, 0.25) is 11.2 Å². The molecule has 2 heterocycles. The van der Waals surface area contributed by atoms with Gasteiger partial charge in [-0.1, -0.05) is 0 Å². The molecule has 3 rings (SSSR count). The number of nitrogens with zero attached hydrogens (tertiary/aromatic N) is 3. The normalized spacial score (nSPS) is 14.6. The molecule has 0 saturated heterocycles. The van der Waals surface area contributed by atoms with E-state index in [1.165, 1.54) is 0 Å². The molecule has 0 atom stereocenters. The zero-order valence-corrected chi connectivity index (χ0v) is 12.9. The Morgan fingerprint density at radius 1 is 1.55 bits per heavy atom. The summed E-state index contributed by atoms with van der Waals surface area (Å²) in [6.45, 7) is 2.29. The van der Waals surface area contributed by atoms with E-state index in [1.54, 1.807) is 11.3 Å². The first-order valence-electron chi connectivity index (χ1n) is 6.47. The van der Waals surface area contributed by atoms with Crippen molar-refractivity contribution in [3.05, 3.63) is 16.2 Å². The van der Waals surface area contributed by atoms with E-state index in [4.69, 9.17) is 11.6 Å². The van der Waals surface area contributed by atoms with Gasteiger partial charge in [0.05, 0.1) is 11.9 Å². The Labute approximate surface area is 126 Å². The number of hydrogen-bond donors (Lipinski definition) is 1. The van der Waals surface area contributed by atoms with Crippen LogP contribution in [0, 0.1) is 6.92 Å². The highest BCUT2D eigenvalue weighted by Crippen LogP contribution is 2.31. The van der Waals surface area contributed by atoms with E-state index < -0.39 is 0 Å². The van der Waals surface area contributed by atoms with Crippen LogP contribution in [-0.2, 0) is 4.79 Å². The summed E-state index contributed by atoms with van der Waals surface area (Å²) in [5.41, 5.74) is 0. The largest absolute Gasteiger partial charge is 0.352 e. The Morgan fingerprint density at radius 2 is 2.30 bits per heavy atom. The average Bonchev–Trinajstić information content (AvgIpc) is 3.08.